The van der Waals surface area contributed by atoms with Gasteiger partial charge < -0.3 is 25.1 Å². The maximum Gasteiger partial charge on any atom is 0.416 e. The Morgan fingerprint density at radius 3 is 2.41 bits per heavy atom. The van der Waals surface area contributed by atoms with Gasteiger partial charge in [0.1, 0.15) is 5.75 Å². The number of nitrogens with two attached hydrogens (primary N) is 1. The number of primary amides is 1. The number of carbonyl (C=O) groups excluding carboxylic acids is 2. The summed E-state index contributed by atoms with van der Waals surface area (Å²) in [5, 5.41) is 2.57. The minimum absolute atomic E-state index is 0.0375. The van der Waals surface area contributed by atoms with Gasteiger partial charge in [-0.15, -0.1) is 6.42 Å². The number of imidazole rings is 1. The number of halogens is 3. The normalized spacial score (nSPS) is 11.1. The largest absolute Gasteiger partial charge is 0.494 e. The van der Waals surface area contributed by atoms with Gasteiger partial charge in [-0.05, 0) is 75.4 Å². The number of aromatic nitrogens is 2. The molecule has 8 nitrogen and oxygen atoms in total. The molecule has 206 valence electrons. The number of hydrogen-bond acceptors (Lipinski definition) is 5. The van der Waals surface area contributed by atoms with Crippen molar-refractivity contribution in [3.05, 3.63) is 70.8 Å². The minimum atomic E-state index is -4.62. The lowest BCUT2D eigenvalue weighted by Crippen LogP contribution is -2.16. The topological polar surface area (TPSA) is 108 Å². The number of nitrogens with one attached hydrogen (secondary N) is 1. The number of nitrogens with zero attached hydrogens (tertiary/aromatic N) is 2. The van der Waals surface area contributed by atoms with E-state index in [1.807, 2.05) is 0 Å². The number of alkyl halides is 3. The summed E-state index contributed by atoms with van der Waals surface area (Å²) >= 11 is 0. The number of carbonyl (C=O) groups is 2. The molecule has 0 atom stereocenters. The number of aryl methyl sites for hydroxylation is 1. The van der Waals surface area contributed by atoms with E-state index in [1.54, 1.807) is 26.1 Å². The van der Waals surface area contributed by atoms with Crippen LogP contribution in [0.2, 0.25) is 0 Å². The Kier molecular flexibility index (Phi) is 9.60. The standard InChI is InChI=1S/C28H29F3N4O4/c1-4-20-11-24(38-9-7-5-6-8-10-39-27(32)37)15-25(19(20)3)26(36)34-22-12-21(28(29,30)31)13-23(14-22)35-16-18(2)33-17-35/h1,11-17H,5-10H2,2-3H3,(H2,32,37)(H,34,36). The summed E-state index contributed by atoms with van der Waals surface area (Å²) in [6, 6.07) is 6.44. The molecule has 0 bridgehead atoms. The number of terminal acetylenes is 1. The van der Waals surface area contributed by atoms with Crippen LogP contribution in [0.25, 0.3) is 5.69 Å². The van der Waals surface area contributed by atoms with Crippen LogP contribution in [-0.4, -0.2) is 34.8 Å². The lowest BCUT2D eigenvalue weighted by Gasteiger charge is -2.15. The molecule has 0 saturated heterocycles. The monoisotopic (exact) mass is 542 g/mol. The first kappa shape index (κ1) is 29.1. The summed E-state index contributed by atoms with van der Waals surface area (Å²) in [7, 11) is 0. The van der Waals surface area contributed by atoms with Gasteiger partial charge in [0.15, 0.2) is 0 Å². The third-order valence-electron chi connectivity index (χ3n) is 5.85. The van der Waals surface area contributed by atoms with Crippen molar-refractivity contribution >= 4 is 17.7 Å². The van der Waals surface area contributed by atoms with Crippen molar-refractivity contribution in [2.75, 3.05) is 18.5 Å². The van der Waals surface area contributed by atoms with Crippen molar-refractivity contribution in [2.45, 2.75) is 45.7 Å². The van der Waals surface area contributed by atoms with E-state index in [2.05, 4.69) is 21.0 Å². The van der Waals surface area contributed by atoms with E-state index in [1.165, 1.54) is 23.0 Å². The van der Waals surface area contributed by atoms with E-state index in [0.29, 0.717) is 42.0 Å². The number of amides is 2. The zero-order valence-corrected chi connectivity index (χ0v) is 21.6. The van der Waals surface area contributed by atoms with E-state index < -0.39 is 23.7 Å². The number of anilines is 1. The third kappa shape index (κ3) is 8.26. The first-order valence-corrected chi connectivity index (χ1v) is 12.2. The van der Waals surface area contributed by atoms with Gasteiger partial charge in [-0.3, -0.25) is 4.79 Å². The molecule has 3 aromatic rings. The quantitative estimate of drug-likeness (QED) is 0.236. The SMILES string of the molecule is C#Cc1cc(OCCCCCCOC(N)=O)cc(C(=O)Nc2cc(-n3cnc(C)c3)cc(C(F)(F)F)c2)c1C. The second-order valence-corrected chi connectivity index (χ2v) is 8.86. The van der Waals surface area contributed by atoms with Crippen molar-refractivity contribution in [3.8, 4) is 23.8 Å². The number of ether oxygens (including phenoxy) is 2. The summed E-state index contributed by atoms with van der Waals surface area (Å²) < 4.78 is 52.7. The van der Waals surface area contributed by atoms with Gasteiger partial charge in [-0.2, -0.15) is 13.2 Å². The smallest absolute Gasteiger partial charge is 0.416 e. The Labute approximate surface area is 224 Å². The fourth-order valence-electron chi connectivity index (χ4n) is 3.83. The van der Waals surface area contributed by atoms with Crippen LogP contribution in [0.3, 0.4) is 0 Å². The van der Waals surface area contributed by atoms with Crippen LogP contribution in [0.1, 0.15) is 58.4 Å². The van der Waals surface area contributed by atoms with E-state index in [-0.39, 0.29) is 23.5 Å². The molecule has 0 unspecified atom stereocenters. The number of unbranched alkanes of at least 4 members (excludes halogenated alkanes) is 3. The average Bonchev–Trinajstić information content (AvgIpc) is 3.31. The molecule has 0 aliphatic heterocycles. The lowest BCUT2D eigenvalue weighted by atomic mass is 10.0. The van der Waals surface area contributed by atoms with Crippen molar-refractivity contribution in [1.29, 1.82) is 0 Å². The highest BCUT2D eigenvalue weighted by Gasteiger charge is 2.31. The molecule has 0 fully saturated rings. The van der Waals surface area contributed by atoms with Gasteiger partial charge in [0.2, 0.25) is 0 Å². The van der Waals surface area contributed by atoms with Gasteiger partial charge in [0.05, 0.1) is 30.8 Å². The molecule has 0 radical (unpaired) electrons. The van der Waals surface area contributed by atoms with E-state index in [9.17, 15) is 22.8 Å². The van der Waals surface area contributed by atoms with Crippen molar-refractivity contribution in [3.63, 3.8) is 0 Å². The fourth-order valence-corrected chi connectivity index (χ4v) is 3.83. The van der Waals surface area contributed by atoms with Crippen molar-refractivity contribution < 1.29 is 32.2 Å². The molecular weight excluding hydrogens is 513 g/mol. The zero-order valence-electron chi connectivity index (χ0n) is 21.6. The highest BCUT2D eigenvalue weighted by Crippen LogP contribution is 2.33. The van der Waals surface area contributed by atoms with Gasteiger partial charge in [0.25, 0.3) is 5.91 Å². The number of rotatable bonds is 11. The van der Waals surface area contributed by atoms with Crippen LogP contribution in [-0.2, 0) is 10.9 Å². The Hall–Kier alpha value is -4.46. The molecule has 0 aliphatic rings. The second kappa shape index (κ2) is 12.9. The lowest BCUT2D eigenvalue weighted by molar-refractivity contribution is -0.137. The van der Waals surface area contributed by atoms with Crippen LogP contribution in [0.4, 0.5) is 23.7 Å². The average molecular weight is 543 g/mol. The van der Waals surface area contributed by atoms with E-state index in [0.717, 1.165) is 25.0 Å². The maximum absolute atomic E-state index is 13.6. The van der Waals surface area contributed by atoms with Crippen LogP contribution >= 0.6 is 0 Å². The Morgan fingerprint density at radius 1 is 1.08 bits per heavy atom. The van der Waals surface area contributed by atoms with Crippen LogP contribution < -0.4 is 15.8 Å². The van der Waals surface area contributed by atoms with Gasteiger partial charge in [0, 0.05) is 28.7 Å². The third-order valence-corrected chi connectivity index (χ3v) is 5.85. The second-order valence-electron chi connectivity index (χ2n) is 8.86. The van der Waals surface area contributed by atoms with Gasteiger partial charge >= 0.3 is 12.3 Å². The van der Waals surface area contributed by atoms with Gasteiger partial charge in [-0.1, -0.05) is 5.92 Å². The fraction of sp³-hybridized carbons (Fsp3) is 0.321. The summed E-state index contributed by atoms with van der Waals surface area (Å²) in [6.45, 7) is 3.99. The van der Waals surface area contributed by atoms with Crippen LogP contribution in [0.15, 0.2) is 42.9 Å². The summed E-state index contributed by atoms with van der Waals surface area (Å²) in [6.07, 6.45) is 6.19. The summed E-state index contributed by atoms with van der Waals surface area (Å²) in [5.74, 6) is 2.26. The van der Waals surface area contributed by atoms with Crippen LogP contribution in [0.5, 0.6) is 5.75 Å². The number of benzene rings is 2. The van der Waals surface area contributed by atoms with E-state index in [4.69, 9.17) is 16.9 Å². The molecule has 39 heavy (non-hydrogen) atoms. The molecule has 11 heteroatoms. The molecular formula is C28H29F3N4O4. The molecule has 1 heterocycles. The Balaban J connectivity index is 1.75. The molecule has 2 amide bonds. The molecule has 3 N–H and O–H groups in total. The molecule has 2 aromatic carbocycles. The maximum atomic E-state index is 13.6. The molecule has 0 saturated carbocycles. The molecule has 1 aromatic heterocycles. The summed E-state index contributed by atoms with van der Waals surface area (Å²) in [4.78, 5) is 27.8. The molecule has 0 spiro atoms. The molecule has 0 aliphatic carbocycles. The predicted octanol–water partition coefficient (Wildman–Crippen LogP) is 5.78. The van der Waals surface area contributed by atoms with E-state index >= 15 is 0 Å². The van der Waals surface area contributed by atoms with Crippen LogP contribution in [0, 0.1) is 26.2 Å². The molecule has 3 rings (SSSR count). The first-order chi connectivity index (χ1) is 18.5. The minimum Gasteiger partial charge on any atom is -0.494 e. The zero-order chi connectivity index (χ0) is 28.6. The highest BCUT2D eigenvalue weighted by molar-refractivity contribution is 6.06. The summed E-state index contributed by atoms with van der Waals surface area (Å²) in [5.41, 5.74) is 5.89. The highest BCUT2D eigenvalue weighted by atomic mass is 19.4. The van der Waals surface area contributed by atoms with Crippen molar-refractivity contribution in [1.82, 2.24) is 9.55 Å². The Bertz CT molecular complexity index is 1380. The Morgan fingerprint density at radius 2 is 1.79 bits per heavy atom. The van der Waals surface area contributed by atoms with Crippen molar-refractivity contribution in [2.24, 2.45) is 5.73 Å². The first-order valence-electron chi connectivity index (χ1n) is 12.2. The number of hydrogen-bond donors (Lipinski definition) is 2. The van der Waals surface area contributed by atoms with Gasteiger partial charge in [-0.25, -0.2) is 9.78 Å². The predicted molar refractivity (Wildman–Crippen MR) is 140 cm³/mol.